The molecule has 1 fully saturated rings. The Balaban J connectivity index is 0.00000288. The molecule has 3 N–H and O–H groups in total. The Kier molecular flexibility index (Phi) is 7.59. The SMILES string of the molecule is Cc1c([N+](=O)[O-])cccc1S(=O)(=O)NC(CN)C1CCCCC1.Cl. The first-order chi connectivity index (χ1) is 10.9. The van der Waals surface area contributed by atoms with Crippen LogP contribution in [0.3, 0.4) is 0 Å². The molecule has 1 aromatic rings. The topological polar surface area (TPSA) is 115 Å². The molecule has 0 spiro atoms. The molecule has 1 aliphatic carbocycles. The maximum Gasteiger partial charge on any atom is 0.273 e. The van der Waals surface area contributed by atoms with Crippen LogP contribution in [0.2, 0.25) is 0 Å². The second-order valence-corrected chi connectivity index (χ2v) is 7.70. The Hall–Kier alpha value is -1.22. The highest BCUT2D eigenvalue weighted by Crippen LogP contribution is 2.28. The lowest BCUT2D eigenvalue weighted by molar-refractivity contribution is -0.385. The number of nitro benzene ring substituents is 1. The number of sulfonamides is 1. The summed E-state index contributed by atoms with van der Waals surface area (Å²) in [6.07, 6.45) is 5.25. The van der Waals surface area contributed by atoms with E-state index in [1.165, 1.54) is 31.5 Å². The van der Waals surface area contributed by atoms with Gasteiger partial charge < -0.3 is 5.73 Å². The zero-order valence-electron chi connectivity index (χ0n) is 13.6. The van der Waals surface area contributed by atoms with E-state index in [1.807, 2.05) is 0 Å². The zero-order valence-corrected chi connectivity index (χ0v) is 15.2. The Morgan fingerprint density at radius 3 is 2.50 bits per heavy atom. The van der Waals surface area contributed by atoms with Crippen molar-refractivity contribution in [3.05, 3.63) is 33.9 Å². The molecule has 0 aromatic heterocycles. The van der Waals surface area contributed by atoms with Gasteiger partial charge in [0, 0.05) is 24.2 Å². The molecule has 0 bridgehead atoms. The quantitative estimate of drug-likeness (QED) is 0.583. The summed E-state index contributed by atoms with van der Waals surface area (Å²) in [7, 11) is -3.84. The smallest absolute Gasteiger partial charge is 0.273 e. The van der Waals surface area contributed by atoms with Crippen molar-refractivity contribution in [3.8, 4) is 0 Å². The number of nitrogens with zero attached hydrogens (tertiary/aromatic N) is 1. The molecule has 0 saturated heterocycles. The monoisotopic (exact) mass is 377 g/mol. The number of nitrogens with two attached hydrogens (primary N) is 1. The fraction of sp³-hybridized carbons (Fsp3) is 0.600. The first-order valence-electron chi connectivity index (χ1n) is 7.83. The van der Waals surface area contributed by atoms with E-state index >= 15 is 0 Å². The second-order valence-electron chi connectivity index (χ2n) is 6.02. The van der Waals surface area contributed by atoms with E-state index in [0.29, 0.717) is 0 Å². The van der Waals surface area contributed by atoms with E-state index in [0.717, 1.165) is 25.7 Å². The summed E-state index contributed by atoms with van der Waals surface area (Å²) in [5, 5.41) is 11.0. The van der Waals surface area contributed by atoms with Crippen LogP contribution in [0.5, 0.6) is 0 Å². The Bertz CT molecular complexity index is 675. The molecule has 136 valence electrons. The molecule has 0 aliphatic heterocycles. The van der Waals surface area contributed by atoms with Crippen molar-refractivity contribution < 1.29 is 13.3 Å². The molecule has 1 unspecified atom stereocenters. The van der Waals surface area contributed by atoms with Crippen LogP contribution in [-0.2, 0) is 10.0 Å². The van der Waals surface area contributed by atoms with Gasteiger partial charge in [-0.1, -0.05) is 25.3 Å². The lowest BCUT2D eigenvalue weighted by Crippen LogP contribution is -2.45. The third-order valence-corrected chi connectivity index (χ3v) is 6.16. The average Bonchev–Trinajstić information content (AvgIpc) is 2.53. The molecule has 0 radical (unpaired) electrons. The third kappa shape index (κ3) is 4.66. The van der Waals surface area contributed by atoms with Gasteiger partial charge in [-0.3, -0.25) is 10.1 Å². The minimum atomic E-state index is -3.84. The third-order valence-electron chi connectivity index (χ3n) is 4.52. The van der Waals surface area contributed by atoms with Gasteiger partial charge in [0.1, 0.15) is 0 Å². The Morgan fingerprint density at radius 1 is 1.33 bits per heavy atom. The standard InChI is InChI=1S/C15H23N3O4S.ClH/c1-11-14(18(19)20)8-5-9-15(11)23(21,22)17-13(10-16)12-6-3-2-4-7-12;/h5,8-9,12-13,17H,2-4,6-7,10,16H2,1H3;1H. The van der Waals surface area contributed by atoms with Gasteiger partial charge in [-0.15, -0.1) is 12.4 Å². The van der Waals surface area contributed by atoms with Crippen molar-refractivity contribution in [2.45, 2.75) is 50.0 Å². The van der Waals surface area contributed by atoms with Crippen LogP contribution in [0.4, 0.5) is 5.69 Å². The highest BCUT2D eigenvalue weighted by atomic mass is 35.5. The summed E-state index contributed by atoms with van der Waals surface area (Å²) < 4.78 is 28.0. The van der Waals surface area contributed by atoms with E-state index < -0.39 is 14.9 Å². The van der Waals surface area contributed by atoms with Crippen molar-refractivity contribution >= 4 is 28.1 Å². The molecule has 1 aliphatic rings. The fourth-order valence-electron chi connectivity index (χ4n) is 3.23. The molecule has 1 saturated carbocycles. The number of nitro groups is 1. The van der Waals surface area contributed by atoms with E-state index in [9.17, 15) is 18.5 Å². The maximum absolute atomic E-state index is 12.7. The van der Waals surface area contributed by atoms with Crippen LogP contribution < -0.4 is 10.5 Å². The number of hydrogen-bond acceptors (Lipinski definition) is 5. The molecule has 0 heterocycles. The lowest BCUT2D eigenvalue weighted by Gasteiger charge is -2.30. The normalized spacial score (nSPS) is 17.1. The van der Waals surface area contributed by atoms with Crippen molar-refractivity contribution in [1.29, 1.82) is 0 Å². The van der Waals surface area contributed by atoms with Crippen molar-refractivity contribution in [2.24, 2.45) is 11.7 Å². The van der Waals surface area contributed by atoms with Crippen molar-refractivity contribution in [2.75, 3.05) is 6.54 Å². The molecule has 2 rings (SSSR count). The van der Waals surface area contributed by atoms with Gasteiger partial charge >= 0.3 is 0 Å². The molecule has 1 atom stereocenters. The molecule has 24 heavy (non-hydrogen) atoms. The summed E-state index contributed by atoms with van der Waals surface area (Å²) in [6, 6.07) is 3.74. The molecule has 0 amide bonds. The lowest BCUT2D eigenvalue weighted by atomic mass is 9.84. The van der Waals surface area contributed by atoms with Crippen LogP contribution in [-0.4, -0.2) is 25.9 Å². The van der Waals surface area contributed by atoms with Crippen LogP contribution in [0, 0.1) is 23.0 Å². The predicted octanol–water partition coefficient (Wildman–Crippen LogP) is 2.51. The molecular weight excluding hydrogens is 354 g/mol. The van der Waals surface area contributed by atoms with E-state index in [4.69, 9.17) is 5.73 Å². The van der Waals surface area contributed by atoms with Gasteiger partial charge in [-0.25, -0.2) is 13.1 Å². The van der Waals surface area contributed by atoms with Crippen molar-refractivity contribution in [1.82, 2.24) is 4.72 Å². The van der Waals surface area contributed by atoms with Gasteiger partial charge in [-0.05, 0) is 31.7 Å². The fourth-order valence-corrected chi connectivity index (χ4v) is 4.81. The van der Waals surface area contributed by atoms with E-state index in [1.54, 1.807) is 0 Å². The van der Waals surface area contributed by atoms with Gasteiger partial charge in [0.05, 0.1) is 9.82 Å². The largest absolute Gasteiger partial charge is 0.329 e. The summed E-state index contributed by atoms with van der Waals surface area (Å²) >= 11 is 0. The van der Waals surface area contributed by atoms with Gasteiger partial charge in [0.2, 0.25) is 10.0 Å². The molecule has 7 nitrogen and oxygen atoms in total. The van der Waals surface area contributed by atoms with Gasteiger partial charge in [0.25, 0.3) is 5.69 Å². The molecular formula is C15H24ClN3O4S. The number of hydrogen-bond donors (Lipinski definition) is 2. The highest BCUT2D eigenvalue weighted by molar-refractivity contribution is 7.89. The Morgan fingerprint density at radius 2 is 1.96 bits per heavy atom. The number of nitrogens with one attached hydrogen (secondary N) is 1. The number of rotatable bonds is 6. The highest BCUT2D eigenvalue weighted by Gasteiger charge is 2.29. The number of benzene rings is 1. The number of halogens is 1. The van der Waals surface area contributed by atoms with Gasteiger partial charge in [-0.2, -0.15) is 0 Å². The first kappa shape index (κ1) is 20.8. The van der Waals surface area contributed by atoms with Crippen LogP contribution >= 0.6 is 12.4 Å². The molecule has 1 aromatic carbocycles. The van der Waals surface area contributed by atoms with E-state index in [-0.39, 0.29) is 47.1 Å². The molecule has 9 heteroatoms. The van der Waals surface area contributed by atoms with E-state index in [2.05, 4.69) is 4.72 Å². The maximum atomic E-state index is 12.7. The van der Waals surface area contributed by atoms with Crippen LogP contribution in [0.15, 0.2) is 23.1 Å². The summed E-state index contributed by atoms with van der Waals surface area (Å²) in [5.41, 5.74) is 5.71. The first-order valence-corrected chi connectivity index (χ1v) is 9.31. The predicted molar refractivity (Wildman–Crippen MR) is 94.8 cm³/mol. The van der Waals surface area contributed by atoms with Crippen molar-refractivity contribution in [3.63, 3.8) is 0 Å². The second kappa shape index (κ2) is 8.75. The van der Waals surface area contributed by atoms with Gasteiger partial charge in [0.15, 0.2) is 0 Å². The minimum Gasteiger partial charge on any atom is -0.329 e. The summed E-state index contributed by atoms with van der Waals surface area (Å²) in [6.45, 7) is 1.67. The van der Waals surface area contributed by atoms with Crippen LogP contribution in [0.1, 0.15) is 37.7 Å². The Labute approximate surface area is 148 Å². The summed E-state index contributed by atoms with van der Waals surface area (Å²) in [4.78, 5) is 10.4. The zero-order chi connectivity index (χ0) is 17.0. The minimum absolute atomic E-state index is 0. The average molecular weight is 378 g/mol. The summed E-state index contributed by atoms with van der Waals surface area (Å²) in [5.74, 6) is 0.225. The van der Waals surface area contributed by atoms with Crippen LogP contribution in [0.25, 0.3) is 0 Å².